The van der Waals surface area contributed by atoms with Gasteiger partial charge in [-0.25, -0.2) is 18.1 Å². The fourth-order valence-electron chi connectivity index (χ4n) is 2.25. The summed E-state index contributed by atoms with van der Waals surface area (Å²) in [7, 11) is -1.55. The number of pyridine rings is 1. The topological polar surface area (TPSA) is 62.3 Å². The van der Waals surface area contributed by atoms with E-state index in [0.29, 0.717) is 6.04 Å². The molecular formula is C12H18ClN3O2S. The number of sulfonamides is 1. The number of hydrogen-bond acceptors (Lipinski definition) is 4. The van der Waals surface area contributed by atoms with E-state index in [-0.39, 0.29) is 16.1 Å². The summed E-state index contributed by atoms with van der Waals surface area (Å²) in [5, 5.41) is 0.0102. The van der Waals surface area contributed by atoms with E-state index in [0.717, 1.165) is 19.4 Å². The molecule has 0 spiro atoms. The van der Waals surface area contributed by atoms with Crippen molar-refractivity contribution in [1.82, 2.24) is 14.6 Å². The van der Waals surface area contributed by atoms with Gasteiger partial charge < -0.3 is 4.90 Å². The van der Waals surface area contributed by atoms with Gasteiger partial charge in [-0.15, -0.1) is 0 Å². The Balaban J connectivity index is 2.12. The highest BCUT2D eigenvalue weighted by atomic mass is 35.5. The van der Waals surface area contributed by atoms with Crippen molar-refractivity contribution in [1.29, 1.82) is 0 Å². The Bertz CT molecular complexity index is 550. The molecule has 1 aromatic heterocycles. The van der Waals surface area contributed by atoms with E-state index in [1.165, 1.54) is 12.3 Å². The molecule has 0 saturated carbocycles. The molecule has 0 radical (unpaired) electrons. The molecule has 19 heavy (non-hydrogen) atoms. The normalized spacial score (nSPS) is 25.4. The molecule has 7 heteroatoms. The predicted octanol–water partition coefficient (Wildman–Crippen LogP) is 1.50. The first kappa shape index (κ1) is 14.7. The predicted molar refractivity (Wildman–Crippen MR) is 74.7 cm³/mol. The smallest absolute Gasteiger partial charge is 0.243 e. The fourth-order valence-corrected chi connectivity index (χ4v) is 3.99. The quantitative estimate of drug-likeness (QED) is 0.860. The lowest BCUT2D eigenvalue weighted by molar-refractivity contribution is 0.178. The van der Waals surface area contributed by atoms with Gasteiger partial charge in [0.15, 0.2) is 0 Å². The van der Waals surface area contributed by atoms with Gasteiger partial charge in [0.05, 0.1) is 0 Å². The van der Waals surface area contributed by atoms with Gasteiger partial charge in [-0.2, -0.15) is 0 Å². The highest BCUT2D eigenvalue weighted by molar-refractivity contribution is 7.89. The van der Waals surface area contributed by atoms with Crippen LogP contribution in [-0.4, -0.2) is 44.0 Å². The zero-order chi connectivity index (χ0) is 14.0. The minimum absolute atomic E-state index is 0.0102. The molecule has 2 unspecified atom stereocenters. The number of rotatable bonds is 3. The molecule has 106 valence electrons. The Morgan fingerprint density at radius 3 is 2.89 bits per heavy atom. The van der Waals surface area contributed by atoms with Crippen LogP contribution < -0.4 is 4.72 Å². The maximum absolute atomic E-state index is 12.3. The van der Waals surface area contributed by atoms with Crippen LogP contribution in [0.1, 0.15) is 19.8 Å². The Labute approximate surface area is 119 Å². The van der Waals surface area contributed by atoms with Crippen molar-refractivity contribution in [2.75, 3.05) is 13.6 Å². The SMILES string of the molecule is CC1CC(NS(=O)(=O)c2cccnc2Cl)CCN1C. The van der Waals surface area contributed by atoms with E-state index in [1.54, 1.807) is 6.07 Å². The highest BCUT2D eigenvalue weighted by Crippen LogP contribution is 2.21. The number of piperidine rings is 1. The molecule has 0 aliphatic carbocycles. The van der Waals surface area contributed by atoms with Gasteiger partial charge >= 0.3 is 0 Å². The maximum Gasteiger partial charge on any atom is 0.243 e. The zero-order valence-corrected chi connectivity index (χ0v) is 12.6. The molecule has 2 rings (SSSR count). The Morgan fingerprint density at radius 2 is 2.26 bits per heavy atom. The monoisotopic (exact) mass is 303 g/mol. The van der Waals surface area contributed by atoms with E-state index in [9.17, 15) is 8.42 Å². The van der Waals surface area contributed by atoms with Gasteiger partial charge in [0.2, 0.25) is 10.0 Å². The zero-order valence-electron chi connectivity index (χ0n) is 11.0. The van der Waals surface area contributed by atoms with Gasteiger partial charge in [-0.05, 0) is 45.5 Å². The first-order valence-electron chi connectivity index (χ1n) is 6.23. The maximum atomic E-state index is 12.3. The van der Waals surface area contributed by atoms with Crippen LogP contribution in [0.15, 0.2) is 23.2 Å². The highest BCUT2D eigenvalue weighted by Gasteiger charge is 2.28. The average Bonchev–Trinajstić information content (AvgIpc) is 2.34. The van der Waals surface area contributed by atoms with E-state index in [1.807, 2.05) is 7.05 Å². The Kier molecular flexibility index (Phi) is 4.45. The van der Waals surface area contributed by atoms with Crippen LogP contribution in [0.4, 0.5) is 0 Å². The molecule has 0 bridgehead atoms. The van der Waals surface area contributed by atoms with Crippen LogP contribution in [0.3, 0.4) is 0 Å². The van der Waals surface area contributed by atoms with Crippen molar-refractivity contribution < 1.29 is 8.42 Å². The number of aromatic nitrogens is 1. The van der Waals surface area contributed by atoms with E-state index >= 15 is 0 Å². The van der Waals surface area contributed by atoms with Gasteiger partial charge in [0.1, 0.15) is 10.0 Å². The molecule has 1 N–H and O–H groups in total. The van der Waals surface area contributed by atoms with Gasteiger partial charge in [0.25, 0.3) is 0 Å². The molecule has 1 fully saturated rings. The van der Waals surface area contributed by atoms with E-state index in [4.69, 9.17) is 11.6 Å². The third-order valence-electron chi connectivity index (χ3n) is 3.54. The van der Waals surface area contributed by atoms with Crippen LogP contribution in [0.25, 0.3) is 0 Å². The largest absolute Gasteiger partial charge is 0.304 e. The second kappa shape index (κ2) is 5.75. The molecule has 0 amide bonds. The molecule has 0 aromatic carbocycles. The molecule has 1 saturated heterocycles. The summed E-state index contributed by atoms with van der Waals surface area (Å²) >= 11 is 5.84. The molecule has 1 aliphatic rings. The van der Waals surface area contributed by atoms with Gasteiger partial charge in [-0.1, -0.05) is 11.6 Å². The Hall–Kier alpha value is -0.690. The number of halogens is 1. The number of nitrogens with zero attached hydrogens (tertiary/aromatic N) is 2. The van der Waals surface area contributed by atoms with Crippen LogP contribution in [0, 0.1) is 0 Å². The summed E-state index contributed by atoms with van der Waals surface area (Å²) in [6, 6.07) is 3.35. The second-order valence-corrected chi connectivity index (χ2v) is 7.00. The molecule has 1 aliphatic heterocycles. The lowest BCUT2D eigenvalue weighted by Crippen LogP contribution is -2.47. The number of nitrogens with one attached hydrogen (secondary N) is 1. The summed E-state index contributed by atoms with van der Waals surface area (Å²) in [5.41, 5.74) is 0. The van der Waals surface area contributed by atoms with Crippen molar-refractivity contribution >= 4 is 21.6 Å². The third-order valence-corrected chi connectivity index (χ3v) is 5.51. The molecule has 2 atom stereocenters. The summed E-state index contributed by atoms with van der Waals surface area (Å²) < 4.78 is 27.2. The summed E-state index contributed by atoms with van der Waals surface area (Å²) in [6.45, 7) is 2.98. The van der Waals surface area contributed by atoms with Crippen LogP contribution in [-0.2, 0) is 10.0 Å². The lowest BCUT2D eigenvalue weighted by atomic mass is 10.0. The second-order valence-electron chi connectivity index (χ2n) is 4.96. The molecule has 1 aromatic rings. The summed E-state index contributed by atoms with van der Waals surface area (Å²) in [5.74, 6) is 0. The van der Waals surface area contributed by atoms with Crippen LogP contribution >= 0.6 is 11.6 Å². The van der Waals surface area contributed by atoms with E-state index < -0.39 is 10.0 Å². The minimum Gasteiger partial charge on any atom is -0.304 e. The molecule has 5 nitrogen and oxygen atoms in total. The first-order chi connectivity index (χ1) is 8.90. The molecule has 2 heterocycles. The van der Waals surface area contributed by atoms with Gasteiger partial charge in [-0.3, -0.25) is 0 Å². The fraction of sp³-hybridized carbons (Fsp3) is 0.583. The number of likely N-dealkylation sites (tertiary alicyclic amines) is 1. The van der Waals surface area contributed by atoms with Crippen LogP contribution in [0.5, 0.6) is 0 Å². The van der Waals surface area contributed by atoms with Crippen molar-refractivity contribution in [3.8, 4) is 0 Å². The van der Waals surface area contributed by atoms with Crippen LogP contribution in [0.2, 0.25) is 5.15 Å². The number of hydrogen-bond donors (Lipinski definition) is 1. The van der Waals surface area contributed by atoms with Gasteiger partial charge in [0, 0.05) is 18.3 Å². The van der Waals surface area contributed by atoms with Crippen molar-refractivity contribution in [2.24, 2.45) is 0 Å². The van der Waals surface area contributed by atoms with Crippen molar-refractivity contribution in [2.45, 2.75) is 36.7 Å². The summed E-state index contributed by atoms with van der Waals surface area (Å²) in [4.78, 5) is 6.07. The Morgan fingerprint density at radius 1 is 1.53 bits per heavy atom. The van der Waals surface area contributed by atoms with Crippen molar-refractivity contribution in [3.05, 3.63) is 23.5 Å². The minimum atomic E-state index is -3.59. The third kappa shape index (κ3) is 3.45. The summed E-state index contributed by atoms with van der Waals surface area (Å²) in [6.07, 6.45) is 3.07. The lowest BCUT2D eigenvalue weighted by Gasteiger charge is -2.35. The first-order valence-corrected chi connectivity index (χ1v) is 8.09. The van der Waals surface area contributed by atoms with E-state index in [2.05, 4.69) is 21.5 Å². The average molecular weight is 304 g/mol. The standard InChI is InChI=1S/C12H18ClN3O2S/c1-9-8-10(5-7-16(9)2)15-19(17,18)11-4-3-6-14-12(11)13/h3-4,6,9-10,15H,5,7-8H2,1-2H3. The van der Waals surface area contributed by atoms with Crippen molar-refractivity contribution in [3.63, 3.8) is 0 Å². The molecular weight excluding hydrogens is 286 g/mol.